The molecule has 1 amide bonds. The van der Waals surface area contributed by atoms with E-state index in [1.54, 1.807) is 11.0 Å². The Hall–Kier alpha value is -1.15. The van der Waals surface area contributed by atoms with Gasteiger partial charge in [-0.15, -0.1) is 0 Å². The van der Waals surface area contributed by atoms with E-state index in [1.807, 2.05) is 6.92 Å². The van der Waals surface area contributed by atoms with Gasteiger partial charge in [-0.25, -0.2) is 8.42 Å². The summed E-state index contributed by atoms with van der Waals surface area (Å²) in [7, 11) is -3.75. The van der Waals surface area contributed by atoms with E-state index in [0.29, 0.717) is 19.6 Å². The lowest BCUT2D eigenvalue weighted by atomic mass is 10.2. The summed E-state index contributed by atoms with van der Waals surface area (Å²) in [5.41, 5.74) is 0.275. The fraction of sp³-hybridized carbons (Fsp3) is 0.632. The molecule has 0 aromatic heterocycles. The molecule has 8 heteroatoms. The number of nitrogens with zero attached hydrogens (tertiary/aromatic N) is 2. The number of hydrogen-bond donors (Lipinski definition) is 1. The topological polar surface area (TPSA) is 77.9 Å². The minimum absolute atomic E-state index is 0.0173. The van der Waals surface area contributed by atoms with Gasteiger partial charge in [0.1, 0.15) is 4.90 Å². The van der Waals surface area contributed by atoms with E-state index >= 15 is 0 Å². The molecule has 0 aliphatic carbocycles. The third kappa shape index (κ3) is 5.67. The summed E-state index contributed by atoms with van der Waals surface area (Å²) in [6, 6.07) is 4.39. The Labute approximate surface area is 167 Å². The van der Waals surface area contributed by atoms with Crippen LogP contribution in [0.2, 0.25) is 5.02 Å². The van der Waals surface area contributed by atoms with Crippen molar-refractivity contribution in [3.05, 3.63) is 28.8 Å². The van der Waals surface area contributed by atoms with Crippen LogP contribution in [0, 0.1) is 0 Å². The van der Waals surface area contributed by atoms with Gasteiger partial charge in [0, 0.05) is 31.7 Å². The molecule has 1 fully saturated rings. The quantitative estimate of drug-likeness (QED) is 0.706. The Morgan fingerprint density at radius 3 is 2.44 bits per heavy atom. The fourth-order valence-corrected chi connectivity index (χ4v) is 5.24. The summed E-state index contributed by atoms with van der Waals surface area (Å²) in [6.07, 6.45) is 5.44. The summed E-state index contributed by atoms with van der Waals surface area (Å²) in [4.78, 5) is 14.4. The molecule has 0 atom stereocenters. The summed E-state index contributed by atoms with van der Waals surface area (Å²) >= 11 is 6.20. The van der Waals surface area contributed by atoms with Crippen LogP contribution in [0.5, 0.6) is 0 Å². The van der Waals surface area contributed by atoms with Crippen LogP contribution in [0.4, 0.5) is 0 Å². The van der Waals surface area contributed by atoms with E-state index in [4.69, 9.17) is 11.6 Å². The number of rotatable bonds is 8. The minimum atomic E-state index is -3.75. The monoisotopic (exact) mass is 416 g/mol. The number of amides is 1. The number of benzene rings is 1. The average molecular weight is 417 g/mol. The zero-order valence-corrected chi connectivity index (χ0v) is 17.4. The summed E-state index contributed by atoms with van der Waals surface area (Å²) in [5, 5.41) is 9.36. The summed E-state index contributed by atoms with van der Waals surface area (Å²) in [6.45, 7) is 3.58. The van der Waals surface area contributed by atoms with Gasteiger partial charge in [-0.05, 0) is 37.5 Å². The molecule has 6 nitrogen and oxygen atoms in total. The highest BCUT2D eigenvalue weighted by atomic mass is 35.5. The molecule has 0 radical (unpaired) electrons. The fourth-order valence-electron chi connectivity index (χ4n) is 3.22. The van der Waals surface area contributed by atoms with Gasteiger partial charge in [0.05, 0.1) is 11.6 Å². The summed E-state index contributed by atoms with van der Waals surface area (Å²) in [5.74, 6) is -0.290. The molecule has 1 aromatic rings. The first-order chi connectivity index (χ1) is 12.9. The maximum Gasteiger partial charge on any atom is 0.253 e. The van der Waals surface area contributed by atoms with E-state index in [0.717, 1.165) is 38.5 Å². The number of hydrogen-bond acceptors (Lipinski definition) is 4. The van der Waals surface area contributed by atoms with Crippen molar-refractivity contribution in [1.82, 2.24) is 9.21 Å². The van der Waals surface area contributed by atoms with Crippen molar-refractivity contribution in [2.45, 2.75) is 50.3 Å². The van der Waals surface area contributed by atoms with Gasteiger partial charge in [-0.3, -0.25) is 4.79 Å². The lowest BCUT2D eigenvalue weighted by molar-refractivity contribution is 0.0719. The molecule has 1 aliphatic heterocycles. The molecule has 152 valence electrons. The number of carbonyl (C=O) groups is 1. The highest BCUT2D eigenvalue weighted by Gasteiger charge is 2.28. The van der Waals surface area contributed by atoms with Crippen LogP contribution < -0.4 is 0 Å². The molecule has 1 aromatic carbocycles. The second kappa shape index (κ2) is 10.4. The van der Waals surface area contributed by atoms with E-state index in [1.165, 1.54) is 16.4 Å². The Morgan fingerprint density at radius 2 is 1.85 bits per heavy atom. The first kappa shape index (κ1) is 22.1. The summed E-state index contributed by atoms with van der Waals surface area (Å²) < 4.78 is 27.6. The van der Waals surface area contributed by atoms with Gasteiger partial charge in [-0.2, -0.15) is 4.31 Å². The lowest BCUT2D eigenvalue weighted by Gasteiger charge is -2.23. The Morgan fingerprint density at radius 1 is 1.19 bits per heavy atom. The molecule has 2 rings (SSSR count). The molecule has 0 unspecified atom stereocenters. The van der Waals surface area contributed by atoms with Gasteiger partial charge >= 0.3 is 0 Å². The second-order valence-corrected chi connectivity index (χ2v) is 9.15. The normalized spacial score (nSPS) is 16.1. The molecular weight excluding hydrogens is 388 g/mol. The molecule has 27 heavy (non-hydrogen) atoms. The third-order valence-corrected chi connectivity index (χ3v) is 7.18. The Kier molecular flexibility index (Phi) is 8.54. The predicted molar refractivity (Wildman–Crippen MR) is 107 cm³/mol. The van der Waals surface area contributed by atoms with Gasteiger partial charge in [0.2, 0.25) is 10.0 Å². The van der Waals surface area contributed by atoms with Crippen LogP contribution in [0.1, 0.15) is 55.8 Å². The first-order valence-electron chi connectivity index (χ1n) is 9.61. The van der Waals surface area contributed by atoms with Crippen LogP contribution >= 0.6 is 11.6 Å². The van der Waals surface area contributed by atoms with E-state index < -0.39 is 10.0 Å². The number of aliphatic hydroxyl groups is 1. The predicted octanol–water partition coefficient (Wildman–Crippen LogP) is 3.14. The number of sulfonamides is 1. The van der Waals surface area contributed by atoms with Crippen molar-refractivity contribution < 1.29 is 18.3 Å². The molecule has 1 N–H and O–H groups in total. The largest absolute Gasteiger partial charge is 0.395 e. The standard InChI is InChI=1S/C19H29ClN2O4S/c1-2-3-10-21(13-14-23)19(24)16-8-9-17(20)18(15-16)27(25,26)22-11-6-4-5-7-12-22/h8-9,15,23H,2-7,10-14H2,1H3. The van der Waals surface area contributed by atoms with Gasteiger partial charge in [-0.1, -0.05) is 37.8 Å². The third-order valence-electron chi connectivity index (χ3n) is 4.80. The van der Waals surface area contributed by atoms with E-state index in [-0.39, 0.29) is 34.5 Å². The minimum Gasteiger partial charge on any atom is -0.395 e. The Balaban J connectivity index is 2.32. The van der Waals surface area contributed by atoms with Crippen LogP contribution in [0.15, 0.2) is 23.1 Å². The maximum atomic E-state index is 13.1. The van der Waals surface area contributed by atoms with Crippen molar-refractivity contribution in [3.63, 3.8) is 0 Å². The lowest BCUT2D eigenvalue weighted by Crippen LogP contribution is -2.35. The van der Waals surface area contributed by atoms with E-state index in [9.17, 15) is 18.3 Å². The number of carbonyl (C=O) groups excluding carboxylic acids is 1. The van der Waals surface area contributed by atoms with Crippen molar-refractivity contribution in [2.24, 2.45) is 0 Å². The zero-order valence-electron chi connectivity index (χ0n) is 15.9. The average Bonchev–Trinajstić information content (AvgIpc) is 2.95. The van der Waals surface area contributed by atoms with Crippen LogP contribution in [0.25, 0.3) is 0 Å². The smallest absolute Gasteiger partial charge is 0.253 e. The molecule has 1 heterocycles. The van der Waals surface area contributed by atoms with Crippen LogP contribution in [0.3, 0.4) is 0 Å². The molecule has 0 bridgehead atoms. The highest BCUT2D eigenvalue weighted by Crippen LogP contribution is 2.28. The highest BCUT2D eigenvalue weighted by molar-refractivity contribution is 7.89. The SMILES string of the molecule is CCCCN(CCO)C(=O)c1ccc(Cl)c(S(=O)(=O)N2CCCCCC2)c1. The molecule has 0 spiro atoms. The van der Waals surface area contributed by atoms with Crippen molar-refractivity contribution >= 4 is 27.5 Å². The van der Waals surface area contributed by atoms with Crippen molar-refractivity contribution in [2.75, 3.05) is 32.8 Å². The Bertz CT molecular complexity index is 731. The molecule has 0 saturated carbocycles. The maximum absolute atomic E-state index is 13.1. The van der Waals surface area contributed by atoms with Gasteiger partial charge in [0.25, 0.3) is 5.91 Å². The molecular formula is C19H29ClN2O4S. The van der Waals surface area contributed by atoms with Crippen molar-refractivity contribution in [3.8, 4) is 0 Å². The molecule has 1 saturated heterocycles. The number of aliphatic hydroxyl groups excluding tert-OH is 1. The zero-order chi connectivity index (χ0) is 19.9. The van der Waals surface area contributed by atoms with Gasteiger partial charge in [0.15, 0.2) is 0 Å². The van der Waals surface area contributed by atoms with E-state index in [2.05, 4.69) is 0 Å². The van der Waals surface area contributed by atoms with Crippen LogP contribution in [-0.2, 0) is 10.0 Å². The van der Waals surface area contributed by atoms with Gasteiger partial charge < -0.3 is 10.0 Å². The number of unbranched alkanes of at least 4 members (excludes halogenated alkanes) is 1. The first-order valence-corrected chi connectivity index (χ1v) is 11.4. The molecule has 1 aliphatic rings. The van der Waals surface area contributed by atoms with Crippen LogP contribution in [-0.4, -0.2) is 61.4 Å². The van der Waals surface area contributed by atoms with Crippen molar-refractivity contribution in [1.29, 1.82) is 0 Å². The number of halogens is 1. The second-order valence-electron chi connectivity index (χ2n) is 6.83.